The van der Waals surface area contributed by atoms with E-state index < -0.39 is 5.97 Å². The van der Waals surface area contributed by atoms with Crippen molar-refractivity contribution in [2.24, 2.45) is 0 Å². The van der Waals surface area contributed by atoms with Crippen LogP contribution in [0.4, 0.5) is 5.13 Å². The van der Waals surface area contributed by atoms with Crippen LogP contribution < -0.4 is 4.90 Å². The maximum atomic E-state index is 11.1. The predicted molar refractivity (Wildman–Crippen MR) is 94.2 cm³/mol. The first-order valence-corrected chi connectivity index (χ1v) is 9.67. The van der Waals surface area contributed by atoms with Gasteiger partial charge in [-0.1, -0.05) is 0 Å². The minimum Gasteiger partial charge on any atom is -0.477 e. The van der Waals surface area contributed by atoms with Gasteiger partial charge in [-0.15, -0.1) is 22.7 Å². The van der Waals surface area contributed by atoms with E-state index in [4.69, 9.17) is 9.84 Å². The molecule has 2 aromatic heterocycles. The lowest BCUT2D eigenvalue weighted by Crippen LogP contribution is -2.36. The Morgan fingerprint density at radius 2 is 2.12 bits per heavy atom. The second kappa shape index (κ2) is 6.79. The van der Waals surface area contributed by atoms with Crippen molar-refractivity contribution in [1.82, 2.24) is 9.88 Å². The van der Waals surface area contributed by atoms with Gasteiger partial charge in [0.15, 0.2) is 5.13 Å². The highest BCUT2D eigenvalue weighted by molar-refractivity contribution is 7.15. The Labute approximate surface area is 148 Å². The third-order valence-electron chi connectivity index (χ3n) is 4.36. The van der Waals surface area contributed by atoms with Crippen molar-refractivity contribution in [3.05, 3.63) is 32.5 Å². The van der Waals surface area contributed by atoms with Crippen molar-refractivity contribution in [3.63, 3.8) is 0 Å². The molecule has 0 spiro atoms. The molecular weight excluding hydrogens is 346 g/mol. The van der Waals surface area contributed by atoms with Gasteiger partial charge in [-0.05, 0) is 18.1 Å². The summed E-state index contributed by atoms with van der Waals surface area (Å²) in [6, 6.07) is 1.83. The number of thiophene rings is 1. The maximum absolute atomic E-state index is 11.1. The van der Waals surface area contributed by atoms with E-state index in [0.29, 0.717) is 4.88 Å². The lowest BCUT2D eigenvalue weighted by molar-refractivity contribution is 0.0702. The molecule has 0 bridgehead atoms. The van der Waals surface area contributed by atoms with E-state index in [9.17, 15) is 4.79 Å². The molecule has 0 amide bonds. The molecule has 0 saturated carbocycles. The maximum Gasteiger partial charge on any atom is 0.345 e. The van der Waals surface area contributed by atoms with Gasteiger partial charge in [0.25, 0.3) is 0 Å². The van der Waals surface area contributed by atoms with E-state index in [1.54, 1.807) is 11.3 Å². The van der Waals surface area contributed by atoms with Gasteiger partial charge in [0, 0.05) is 48.7 Å². The van der Waals surface area contributed by atoms with Crippen LogP contribution in [0, 0.1) is 0 Å². The first-order chi connectivity index (χ1) is 11.7. The summed E-state index contributed by atoms with van der Waals surface area (Å²) in [5, 5.41) is 10.2. The second-order valence-corrected chi connectivity index (χ2v) is 8.26. The molecule has 1 fully saturated rings. The number of nitrogens with zero attached hydrogens (tertiary/aromatic N) is 3. The fourth-order valence-corrected chi connectivity index (χ4v) is 5.13. The van der Waals surface area contributed by atoms with Crippen molar-refractivity contribution < 1.29 is 14.6 Å². The van der Waals surface area contributed by atoms with Crippen LogP contribution in [0.2, 0.25) is 0 Å². The van der Waals surface area contributed by atoms with Gasteiger partial charge in [0.2, 0.25) is 0 Å². The van der Waals surface area contributed by atoms with E-state index in [1.165, 1.54) is 26.7 Å². The smallest absolute Gasteiger partial charge is 0.345 e. The zero-order valence-electron chi connectivity index (χ0n) is 13.2. The molecule has 0 aromatic carbocycles. The highest BCUT2D eigenvalue weighted by Crippen LogP contribution is 2.30. The van der Waals surface area contributed by atoms with Gasteiger partial charge in [-0.3, -0.25) is 4.90 Å². The molecule has 0 atom stereocenters. The first kappa shape index (κ1) is 16.0. The summed E-state index contributed by atoms with van der Waals surface area (Å²) in [6.45, 7) is 6.03. The number of ether oxygens (including phenoxy) is 1. The van der Waals surface area contributed by atoms with Gasteiger partial charge in [0.05, 0.1) is 13.2 Å². The number of carbonyl (C=O) groups is 1. The lowest BCUT2D eigenvalue weighted by atomic mass is 10.1. The first-order valence-electron chi connectivity index (χ1n) is 8.03. The molecule has 128 valence electrons. The fourth-order valence-electron chi connectivity index (χ4n) is 3.12. The summed E-state index contributed by atoms with van der Waals surface area (Å²) in [5.74, 6) is -0.821. The predicted octanol–water partition coefficient (Wildman–Crippen LogP) is 2.30. The van der Waals surface area contributed by atoms with Gasteiger partial charge in [-0.2, -0.15) is 0 Å². The fraction of sp³-hybridized carbons (Fsp3) is 0.500. The van der Waals surface area contributed by atoms with Gasteiger partial charge in [0.1, 0.15) is 4.88 Å². The Bertz CT molecular complexity index is 737. The number of hydrogen-bond acceptors (Lipinski definition) is 7. The molecule has 0 radical (unpaired) electrons. The standard InChI is InChI=1S/C16H19N3O3S2/c20-15(21)14-7-11-9-18(2-1-13(11)24-14)10-12-8-17-16(23-12)19-3-5-22-6-4-19/h7-8H,1-6,9-10H2,(H,20,21). The summed E-state index contributed by atoms with van der Waals surface area (Å²) in [5.41, 5.74) is 1.17. The molecule has 2 aliphatic rings. The number of anilines is 1. The number of carboxylic acids is 1. The summed E-state index contributed by atoms with van der Waals surface area (Å²) in [6.07, 6.45) is 2.91. The molecule has 4 rings (SSSR count). The third kappa shape index (κ3) is 3.32. The minimum atomic E-state index is -0.821. The zero-order chi connectivity index (χ0) is 16.5. The number of aromatic nitrogens is 1. The number of rotatable bonds is 4. The molecule has 0 unspecified atom stereocenters. The molecule has 2 aromatic rings. The highest BCUT2D eigenvalue weighted by atomic mass is 32.1. The van der Waals surface area contributed by atoms with Crippen molar-refractivity contribution in [2.75, 3.05) is 37.7 Å². The number of aromatic carboxylic acids is 1. The molecule has 1 N–H and O–H groups in total. The molecule has 4 heterocycles. The van der Waals surface area contributed by atoms with Crippen LogP contribution in [-0.2, 0) is 24.2 Å². The molecule has 1 saturated heterocycles. The van der Waals surface area contributed by atoms with E-state index in [2.05, 4.69) is 14.8 Å². The quantitative estimate of drug-likeness (QED) is 0.897. The topological polar surface area (TPSA) is 65.9 Å². The van der Waals surface area contributed by atoms with Crippen molar-refractivity contribution in [2.45, 2.75) is 19.5 Å². The van der Waals surface area contributed by atoms with Gasteiger partial charge >= 0.3 is 5.97 Å². The van der Waals surface area contributed by atoms with Crippen LogP contribution in [-0.4, -0.2) is 53.8 Å². The van der Waals surface area contributed by atoms with Crippen LogP contribution in [0.15, 0.2) is 12.3 Å². The summed E-state index contributed by atoms with van der Waals surface area (Å²) in [4.78, 5) is 23.3. The SMILES string of the molecule is O=C(O)c1cc2c(s1)CCN(Cc1cnc(N3CCOCC3)s1)C2. The number of morpholine rings is 1. The van der Waals surface area contributed by atoms with Gasteiger partial charge in [-0.25, -0.2) is 9.78 Å². The number of thiazole rings is 1. The summed E-state index contributed by atoms with van der Waals surface area (Å²) >= 11 is 3.17. The van der Waals surface area contributed by atoms with Crippen molar-refractivity contribution in [3.8, 4) is 0 Å². The number of carboxylic acid groups (broad SMARTS) is 1. The summed E-state index contributed by atoms with van der Waals surface area (Å²) in [7, 11) is 0. The Morgan fingerprint density at radius 3 is 2.92 bits per heavy atom. The highest BCUT2D eigenvalue weighted by Gasteiger charge is 2.22. The van der Waals surface area contributed by atoms with Gasteiger partial charge < -0.3 is 14.7 Å². The van der Waals surface area contributed by atoms with Crippen LogP contribution in [0.1, 0.15) is 25.0 Å². The Balaban J connectivity index is 1.41. The third-order valence-corrected chi connectivity index (χ3v) is 6.63. The van der Waals surface area contributed by atoms with E-state index in [0.717, 1.165) is 57.5 Å². The largest absolute Gasteiger partial charge is 0.477 e. The Kier molecular flexibility index (Phi) is 4.53. The monoisotopic (exact) mass is 365 g/mol. The van der Waals surface area contributed by atoms with Crippen LogP contribution >= 0.6 is 22.7 Å². The summed E-state index contributed by atoms with van der Waals surface area (Å²) < 4.78 is 5.39. The Morgan fingerprint density at radius 1 is 1.29 bits per heavy atom. The normalized spacial score (nSPS) is 18.6. The lowest BCUT2D eigenvalue weighted by Gasteiger charge is -2.26. The van der Waals surface area contributed by atoms with Crippen LogP contribution in [0.5, 0.6) is 0 Å². The van der Waals surface area contributed by atoms with E-state index in [1.807, 2.05) is 12.3 Å². The molecule has 2 aliphatic heterocycles. The number of hydrogen-bond donors (Lipinski definition) is 1. The minimum absolute atomic E-state index is 0.453. The van der Waals surface area contributed by atoms with Crippen LogP contribution in [0.3, 0.4) is 0 Å². The zero-order valence-corrected chi connectivity index (χ0v) is 14.9. The average molecular weight is 365 g/mol. The molecule has 6 nitrogen and oxygen atoms in total. The molecule has 8 heteroatoms. The van der Waals surface area contributed by atoms with Crippen molar-refractivity contribution >= 4 is 33.8 Å². The molecular formula is C16H19N3O3S2. The number of fused-ring (bicyclic) bond motifs is 1. The average Bonchev–Trinajstić information content (AvgIpc) is 3.22. The Hall–Kier alpha value is -1.48. The second-order valence-electron chi connectivity index (χ2n) is 6.03. The molecule has 0 aliphatic carbocycles. The van der Waals surface area contributed by atoms with E-state index in [-0.39, 0.29) is 0 Å². The van der Waals surface area contributed by atoms with Crippen molar-refractivity contribution in [1.29, 1.82) is 0 Å². The molecule has 24 heavy (non-hydrogen) atoms. The van der Waals surface area contributed by atoms with E-state index >= 15 is 0 Å². The van der Waals surface area contributed by atoms with Crippen LogP contribution in [0.25, 0.3) is 0 Å².